The van der Waals surface area contributed by atoms with E-state index in [1.54, 1.807) is 7.11 Å². The van der Waals surface area contributed by atoms with E-state index in [1.165, 1.54) is 11.8 Å². The molecule has 0 aromatic rings. The van der Waals surface area contributed by atoms with Gasteiger partial charge in [-0.3, -0.25) is 14.4 Å². The summed E-state index contributed by atoms with van der Waals surface area (Å²) >= 11 is 1.54. The number of thioether (sulfide) groups is 1. The van der Waals surface area contributed by atoms with Crippen LogP contribution in [0.4, 0.5) is 0 Å². The van der Waals surface area contributed by atoms with Gasteiger partial charge in [0, 0.05) is 44.6 Å². The zero-order valence-electron chi connectivity index (χ0n) is 19.8. The minimum atomic E-state index is -0.843. The zero-order chi connectivity index (χ0) is 23.6. The van der Waals surface area contributed by atoms with Gasteiger partial charge in [-0.1, -0.05) is 37.4 Å². The van der Waals surface area contributed by atoms with Crippen LogP contribution >= 0.6 is 11.8 Å². The molecule has 0 radical (unpaired) electrons. The lowest BCUT2D eigenvalue weighted by atomic mass is 9.87. The maximum absolute atomic E-state index is 13.2. The number of hydrogen-bond donors (Lipinski definition) is 2. The molecule has 2 heterocycles. The minimum Gasteiger partial charge on any atom is -0.383 e. The molecular formula is C23H38N4O5S. The fraction of sp³-hybridized carbons (Fsp3) is 0.826. The van der Waals surface area contributed by atoms with E-state index in [0.717, 1.165) is 44.3 Å². The van der Waals surface area contributed by atoms with Gasteiger partial charge in [-0.05, 0) is 38.5 Å². The van der Waals surface area contributed by atoms with Crippen molar-refractivity contribution in [2.45, 2.75) is 70.4 Å². The summed E-state index contributed by atoms with van der Waals surface area (Å²) in [6, 6.07) is -0.574. The molecule has 2 aliphatic heterocycles. The lowest BCUT2D eigenvalue weighted by Gasteiger charge is -2.30. The lowest BCUT2D eigenvalue weighted by Crippen LogP contribution is -2.53. The second-order valence-corrected chi connectivity index (χ2v) is 10.2. The number of nitrogens with zero attached hydrogens (tertiary/aromatic N) is 2. The van der Waals surface area contributed by atoms with Crippen LogP contribution in [0.15, 0.2) is 5.10 Å². The number of carbonyl (C=O) groups is 3. The van der Waals surface area contributed by atoms with Gasteiger partial charge >= 0.3 is 5.91 Å². The average Bonchev–Trinajstić information content (AvgIpc) is 3.01. The summed E-state index contributed by atoms with van der Waals surface area (Å²) in [6.45, 7) is 4.36. The highest BCUT2D eigenvalue weighted by Gasteiger charge is 2.36. The van der Waals surface area contributed by atoms with Crippen molar-refractivity contribution in [3.8, 4) is 0 Å². The van der Waals surface area contributed by atoms with Crippen LogP contribution in [0, 0.1) is 11.8 Å². The predicted molar refractivity (Wildman–Crippen MR) is 128 cm³/mol. The van der Waals surface area contributed by atoms with Crippen molar-refractivity contribution >= 4 is 34.5 Å². The van der Waals surface area contributed by atoms with Crippen molar-refractivity contribution in [2.75, 3.05) is 39.2 Å². The Morgan fingerprint density at radius 3 is 2.52 bits per heavy atom. The van der Waals surface area contributed by atoms with E-state index in [9.17, 15) is 14.4 Å². The van der Waals surface area contributed by atoms with Gasteiger partial charge in [-0.25, -0.2) is 5.43 Å². The summed E-state index contributed by atoms with van der Waals surface area (Å²) in [7, 11) is 1.64. The Kier molecular flexibility index (Phi) is 10.5. The Morgan fingerprint density at radius 1 is 1.15 bits per heavy atom. The molecule has 9 nitrogen and oxygen atoms in total. The molecule has 0 unspecified atom stereocenters. The van der Waals surface area contributed by atoms with Crippen LogP contribution in [0.1, 0.15) is 58.3 Å². The predicted octanol–water partition coefficient (Wildman–Crippen LogP) is 1.91. The highest BCUT2D eigenvalue weighted by atomic mass is 32.2. The first-order chi connectivity index (χ1) is 16.0. The first kappa shape index (κ1) is 26.0. The maximum atomic E-state index is 13.2. The normalized spacial score (nSPS) is 25.0. The van der Waals surface area contributed by atoms with E-state index in [-0.39, 0.29) is 23.8 Å². The first-order valence-electron chi connectivity index (χ1n) is 12.2. The number of carbonyl (C=O) groups excluding carboxylic acids is 3. The summed E-state index contributed by atoms with van der Waals surface area (Å²) in [5, 5.41) is 7.85. The van der Waals surface area contributed by atoms with Crippen molar-refractivity contribution < 1.29 is 23.9 Å². The van der Waals surface area contributed by atoms with Crippen molar-refractivity contribution in [1.29, 1.82) is 0 Å². The molecule has 1 aliphatic carbocycles. The van der Waals surface area contributed by atoms with Crippen LogP contribution in [0.3, 0.4) is 0 Å². The van der Waals surface area contributed by atoms with Gasteiger partial charge in [0.25, 0.3) is 0 Å². The molecule has 186 valence electrons. The standard InChI is InChI=1S/C23H38N4O5S/c1-16-15-33-23(27(16)11-14-31-2)26-25-22(30)20(28)19(17-9-12-32-13-10-17)24-21(29)18-7-5-3-4-6-8-18/h16-19H,3-15H2,1-2H3,(H,24,29)(H,25,30)/b26-23-/t16-,19-/m1/s1. The summed E-state index contributed by atoms with van der Waals surface area (Å²) in [6.07, 6.45) is 7.31. The molecule has 3 rings (SSSR count). The number of amidine groups is 1. The van der Waals surface area contributed by atoms with Gasteiger partial charge in [0.05, 0.1) is 6.61 Å². The van der Waals surface area contributed by atoms with Gasteiger partial charge in [0.15, 0.2) is 5.17 Å². The van der Waals surface area contributed by atoms with E-state index in [1.807, 2.05) is 0 Å². The van der Waals surface area contributed by atoms with Crippen LogP contribution < -0.4 is 10.7 Å². The third kappa shape index (κ3) is 7.42. The topological polar surface area (TPSA) is 109 Å². The van der Waals surface area contributed by atoms with E-state index >= 15 is 0 Å². The molecular weight excluding hydrogens is 444 g/mol. The summed E-state index contributed by atoms with van der Waals surface area (Å²) < 4.78 is 10.6. The molecule has 2 saturated heterocycles. The van der Waals surface area contributed by atoms with Crippen LogP contribution in [0.2, 0.25) is 0 Å². The second-order valence-electron chi connectivity index (χ2n) is 9.17. The highest BCUT2D eigenvalue weighted by molar-refractivity contribution is 8.14. The van der Waals surface area contributed by atoms with Crippen LogP contribution in [-0.4, -0.2) is 79.0 Å². The minimum absolute atomic E-state index is 0.0864. The number of methoxy groups -OCH3 is 1. The van der Waals surface area contributed by atoms with Gasteiger partial charge in [-0.15, -0.1) is 5.10 Å². The zero-order valence-corrected chi connectivity index (χ0v) is 20.7. The number of ketones is 1. The van der Waals surface area contributed by atoms with E-state index in [4.69, 9.17) is 9.47 Å². The number of Topliss-reactive ketones (excluding diaryl/α,β-unsaturated/α-hetero) is 1. The molecule has 0 aromatic carbocycles. The molecule has 1 saturated carbocycles. The second kappa shape index (κ2) is 13.3. The Bertz CT molecular complexity index is 705. The van der Waals surface area contributed by atoms with E-state index in [0.29, 0.717) is 44.4 Å². The SMILES string of the molecule is COCCN1/C(=N/NC(=O)C(=O)[C@H](NC(=O)C2CCCCCC2)C2CCOCC2)SC[C@H]1C. The van der Waals surface area contributed by atoms with Crippen LogP contribution in [0.25, 0.3) is 0 Å². The largest absolute Gasteiger partial charge is 0.383 e. The number of rotatable bonds is 9. The lowest BCUT2D eigenvalue weighted by molar-refractivity contribution is -0.142. The summed E-state index contributed by atoms with van der Waals surface area (Å²) in [4.78, 5) is 41.0. The monoisotopic (exact) mass is 482 g/mol. The van der Waals surface area contributed by atoms with Crippen LogP contribution in [0.5, 0.6) is 0 Å². The third-order valence-corrected chi connectivity index (χ3v) is 8.02. The Balaban J connectivity index is 1.65. The fourth-order valence-corrected chi connectivity index (χ4v) is 5.83. The van der Waals surface area contributed by atoms with Gasteiger partial charge in [0.2, 0.25) is 11.7 Å². The summed E-state index contributed by atoms with van der Waals surface area (Å²) in [5.41, 5.74) is 2.45. The Morgan fingerprint density at radius 2 is 1.85 bits per heavy atom. The number of nitrogens with one attached hydrogen (secondary N) is 2. The van der Waals surface area contributed by atoms with E-state index in [2.05, 4.69) is 27.7 Å². The number of amides is 2. The average molecular weight is 483 g/mol. The van der Waals surface area contributed by atoms with Crippen LogP contribution in [-0.2, 0) is 23.9 Å². The molecule has 2 amide bonds. The molecule has 33 heavy (non-hydrogen) atoms. The molecule has 3 fully saturated rings. The van der Waals surface area contributed by atoms with Crippen molar-refractivity contribution in [2.24, 2.45) is 16.9 Å². The van der Waals surface area contributed by atoms with Crippen molar-refractivity contribution in [1.82, 2.24) is 15.6 Å². The quantitative estimate of drug-likeness (QED) is 0.293. The molecule has 2 N–H and O–H groups in total. The Labute approximate surface area is 200 Å². The molecule has 0 spiro atoms. The number of hydrazone groups is 1. The van der Waals surface area contributed by atoms with Gasteiger partial charge in [0.1, 0.15) is 6.04 Å². The molecule has 2 atom stereocenters. The van der Waals surface area contributed by atoms with Gasteiger partial charge < -0.3 is 19.7 Å². The third-order valence-electron chi connectivity index (χ3n) is 6.79. The Hall–Kier alpha value is -1.65. The number of ether oxygens (including phenoxy) is 2. The molecule has 3 aliphatic rings. The molecule has 0 bridgehead atoms. The smallest absolute Gasteiger partial charge is 0.309 e. The van der Waals surface area contributed by atoms with Gasteiger partial charge in [-0.2, -0.15) is 0 Å². The first-order valence-corrected chi connectivity index (χ1v) is 13.2. The number of hydrogen-bond acceptors (Lipinski definition) is 7. The van der Waals surface area contributed by atoms with Crippen molar-refractivity contribution in [3.63, 3.8) is 0 Å². The van der Waals surface area contributed by atoms with E-state index < -0.39 is 17.7 Å². The molecule has 0 aromatic heterocycles. The summed E-state index contributed by atoms with van der Waals surface area (Å²) in [5.74, 6) is -0.865. The fourth-order valence-electron chi connectivity index (χ4n) is 4.71. The van der Waals surface area contributed by atoms with Crippen molar-refractivity contribution in [3.05, 3.63) is 0 Å². The highest BCUT2D eigenvalue weighted by Crippen LogP contribution is 2.26. The maximum Gasteiger partial charge on any atom is 0.309 e. The molecule has 10 heteroatoms.